The molecule has 1 heterocycles. The average Bonchev–Trinajstić information content (AvgIpc) is 2.39. The van der Waals surface area contributed by atoms with E-state index in [9.17, 15) is 9.59 Å². The lowest BCUT2D eigenvalue weighted by Gasteiger charge is -2.14. The highest BCUT2D eigenvalue weighted by molar-refractivity contribution is 5.74. The second-order valence-corrected chi connectivity index (χ2v) is 4.70. The molecule has 6 heteroatoms. The predicted octanol–water partition coefficient (Wildman–Crippen LogP) is 1.57. The molecular weight excluding hydrogens is 258 g/mol. The number of rotatable bonds is 8. The molecule has 2 amide bonds. The van der Waals surface area contributed by atoms with Gasteiger partial charge in [0.1, 0.15) is 0 Å². The summed E-state index contributed by atoms with van der Waals surface area (Å²) >= 11 is 0. The van der Waals surface area contributed by atoms with Crippen molar-refractivity contribution in [2.45, 2.75) is 38.6 Å². The van der Waals surface area contributed by atoms with Crippen LogP contribution in [0.2, 0.25) is 0 Å². The van der Waals surface area contributed by atoms with E-state index in [0.29, 0.717) is 19.4 Å². The largest absolute Gasteiger partial charge is 0.481 e. The fraction of sp³-hybridized carbons (Fsp3) is 0.500. The van der Waals surface area contributed by atoms with Crippen molar-refractivity contribution in [3.8, 4) is 0 Å². The number of nitrogens with one attached hydrogen (secondary N) is 2. The molecule has 0 fully saturated rings. The molecule has 0 saturated heterocycles. The predicted molar refractivity (Wildman–Crippen MR) is 75.4 cm³/mol. The molecule has 0 aliphatic rings. The third-order valence-electron chi connectivity index (χ3n) is 2.83. The van der Waals surface area contributed by atoms with Gasteiger partial charge in [-0.3, -0.25) is 9.78 Å². The summed E-state index contributed by atoms with van der Waals surface area (Å²) in [4.78, 5) is 26.0. The van der Waals surface area contributed by atoms with Crippen molar-refractivity contribution in [1.82, 2.24) is 15.6 Å². The van der Waals surface area contributed by atoms with Crippen molar-refractivity contribution in [3.05, 3.63) is 30.1 Å². The maximum atomic E-state index is 11.6. The van der Waals surface area contributed by atoms with E-state index in [1.165, 1.54) is 0 Å². The topological polar surface area (TPSA) is 91.3 Å². The zero-order valence-corrected chi connectivity index (χ0v) is 11.6. The Hall–Kier alpha value is -2.11. The van der Waals surface area contributed by atoms with Crippen molar-refractivity contribution in [3.63, 3.8) is 0 Å². The van der Waals surface area contributed by atoms with E-state index in [2.05, 4.69) is 15.6 Å². The summed E-state index contributed by atoms with van der Waals surface area (Å²) in [5.41, 5.74) is 1.07. The van der Waals surface area contributed by atoms with Crippen LogP contribution in [0.4, 0.5) is 4.79 Å². The molecule has 1 rings (SSSR count). The highest BCUT2D eigenvalue weighted by Crippen LogP contribution is 2.00. The zero-order valence-electron chi connectivity index (χ0n) is 11.6. The number of carbonyl (C=O) groups is 2. The monoisotopic (exact) mass is 279 g/mol. The number of urea groups is 1. The minimum absolute atomic E-state index is 0.0345. The minimum atomic E-state index is -0.807. The van der Waals surface area contributed by atoms with Crippen LogP contribution < -0.4 is 10.6 Å². The maximum absolute atomic E-state index is 11.6. The van der Waals surface area contributed by atoms with Gasteiger partial charge in [0.15, 0.2) is 0 Å². The average molecular weight is 279 g/mol. The third-order valence-corrected chi connectivity index (χ3v) is 2.83. The molecule has 0 aromatic carbocycles. The number of carboxylic acids is 1. The summed E-state index contributed by atoms with van der Waals surface area (Å²) < 4.78 is 0. The van der Waals surface area contributed by atoms with Gasteiger partial charge in [-0.1, -0.05) is 6.07 Å². The fourth-order valence-corrected chi connectivity index (χ4v) is 1.77. The first-order valence-electron chi connectivity index (χ1n) is 6.73. The van der Waals surface area contributed by atoms with Crippen molar-refractivity contribution >= 4 is 12.0 Å². The van der Waals surface area contributed by atoms with Crippen LogP contribution in [0.3, 0.4) is 0 Å². The lowest BCUT2D eigenvalue weighted by atomic mass is 10.1. The van der Waals surface area contributed by atoms with Crippen molar-refractivity contribution in [2.24, 2.45) is 0 Å². The second-order valence-electron chi connectivity index (χ2n) is 4.70. The summed E-state index contributed by atoms with van der Waals surface area (Å²) in [6.45, 7) is 2.40. The summed E-state index contributed by atoms with van der Waals surface area (Å²) in [5, 5.41) is 14.1. The van der Waals surface area contributed by atoms with Crippen LogP contribution >= 0.6 is 0 Å². The van der Waals surface area contributed by atoms with E-state index in [-0.39, 0.29) is 18.5 Å². The Morgan fingerprint density at radius 3 is 2.90 bits per heavy atom. The molecule has 0 spiro atoms. The third kappa shape index (κ3) is 7.35. The number of pyridine rings is 1. The Kier molecular flexibility index (Phi) is 7.10. The lowest BCUT2D eigenvalue weighted by molar-refractivity contribution is -0.137. The van der Waals surface area contributed by atoms with Gasteiger partial charge in [0.25, 0.3) is 0 Å². The molecule has 6 nitrogen and oxygen atoms in total. The highest BCUT2D eigenvalue weighted by atomic mass is 16.4. The number of hydrogen-bond donors (Lipinski definition) is 3. The van der Waals surface area contributed by atoms with Crippen molar-refractivity contribution in [2.75, 3.05) is 6.54 Å². The SMILES string of the molecule is CC(CCCC(=O)O)NC(=O)NCCc1cccnc1. The molecule has 3 N–H and O–H groups in total. The Bertz CT molecular complexity index is 423. The smallest absolute Gasteiger partial charge is 0.315 e. The van der Waals surface area contributed by atoms with Gasteiger partial charge >= 0.3 is 12.0 Å². The van der Waals surface area contributed by atoms with Gasteiger partial charge in [-0.25, -0.2) is 4.79 Å². The fourth-order valence-electron chi connectivity index (χ4n) is 1.77. The molecule has 1 atom stereocenters. The molecule has 0 aliphatic heterocycles. The molecule has 0 bridgehead atoms. The highest BCUT2D eigenvalue weighted by Gasteiger charge is 2.07. The minimum Gasteiger partial charge on any atom is -0.481 e. The van der Waals surface area contributed by atoms with E-state index in [0.717, 1.165) is 12.0 Å². The van der Waals surface area contributed by atoms with E-state index in [4.69, 9.17) is 5.11 Å². The summed E-state index contributed by atoms with van der Waals surface area (Å²) in [6, 6.07) is 3.56. The first-order valence-corrected chi connectivity index (χ1v) is 6.73. The van der Waals surface area contributed by atoms with Crippen LogP contribution in [0.15, 0.2) is 24.5 Å². The summed E-state index contributed by atoms with van der Waals surface area (Å²) in [5.74, 6) is -0.807. The van der Waals surface area contributed by atoms with Crippen LogP contribution in [-0.2, 0) is 11.2 Å². The normalized spacial score (nSPS) is 11.7. The summed E-state index contributed by atoms with van der Waals surface area (Å²) in [6.07, 6.45) is 5.56. The molecule has 1 unspecified atom stereocenters. The Morgan fingerprint density at radius 2 is 2.25 bits per heavy atom. The quantitative estimate of drug-likeness (QED) is 0.673. The molecule has 0 radical (unpaired) electrons. The van der Waals surface area contributed by atoms with E-state index in [1.807, 2.05) is 19.1 Å². The van der Waals surface area contributed by atoms with Gasteiger partial charge in [-0.05, 0) is 37.8 Å². The zero-order chi connectivity index (χ0) is 14.8. The molecule has 0 saturated carbocycles. The van der Waals surface area contributed by atoms with Gasteiger partial charge in [-0.2, -0.15) is 0 Å². The van der Waals surface area contributed by atoms with E-state index < -0.39 is 5.97 Å². The van der Waals surface area contributed by atoms with Gasteiger partial charge in [0.2, 0.25) is 0 Å². The molecule has 20 heavy (non-hydrogen) atoms. The van der Waals surface area contributed by atoms with E-state index >= 15 is 0 Å². The van der Waals surface area contributed by atoms with Crippen LogP contribution in [0.1, 0.15) is 31.7 Å². The van der Waals surface area contributed by atoms with Crippen molar-refractivity contribution in [1.29, 1.82) is 0 Å². The van der Waals surface area contributed by atoms with Crippen LogP contribution in [-0.4, -0.2) is 34.7 Å². The van der Waals surface area contributed by atoms with Crippen molar-refractivity contribution < 1.29 is 14.7 Å². The van der Waals surface area contributed by atoms with Gasteiger partial charge < -0.3 is 15.7 Å². The lowest BCUT2D eigenvalue weighted by Crippen LogP contribution is -2.41. The maximum Gasteiger partial charge on any atom is 0.315 e. The van der Waals surface area contributed by atoms with Gasteiger partial charge in [-0.15, -0.1) is 0 Å². The Morgan fingerprint density at radius 1 is 1.45 bits per heavy atom. The molecule has 1 aromatic heterocycles. The first-order chi connectivity index (χ1) is 9.58. The van der Waals surface area contributed by atoms with Crippen LogP contribution in [0, 0.1) is 0 Å². The Balaban J connectivity index is 2.12. The number of carboxylic acid groups (broad SMARTS) is 1. The Labute approximate surface area is 118 Å². The number of hydrogen-bond acceptors (Lipinski definition) is 3. The second kappa shape index (κ2) is 8.90. The number of aliphatic carboxylic acids is 1. The molecular formula is C14H21N3O3. The first kappa shape index (κ1) is 15.9. The molecule has 110 valence electrons. The molecule has 0 aliphatic carbocycles. The number of nitrogens with zero attached hydrogens (tertiary/aromatic N) is 1. The summed E-state index contributed by atoms with van der Waals surface area (Å²) in [7, 11) is 0. The van der Waals surface area contributed by atoms with Crippen LogP contribution in [0.5, 0.6) is 0 Å². The number of carbonyl (C=O) groups excluding carboxylic acids is 1. The number of amides is 2. The van der Waals surface area contributed by atoms with Gasteiger partial charge in [0, 0.05) is 31.4 Å². The molecule has 1 aromatic rings. The number of aromatic nitrogens is 1. The van der Waals surface area contributed by atoms with Crippen LogP contribution in [0.25, 0.3) is 0 Å². The van der Waals surface area contributed by atoms with Gasteiger partial charge in [0.05, 0.1) is 0 Å². The van der Waals surface area contributed by atoms with E-state index in [1.54, 1.807) is 12.4 Å². The standard InChI is InChI=1S/C14H21N3O3/c1-11(4-2-6-13(18)19)17-14(20)16-9-7-12-5-3-8-15-10-12/h3,5,8,10-11H,2,4,6-7,9H2,1H3,(H,18,19)(H2,16,17,20).